The molecule has 0 atom stereocenters. The molecule has 0 saturated carbocycles. The van der Waals surface area contributed by atoms with Crippen LogP contribution in [-0.4, -0.2) is 19.3 Å². The number of hydrogen-bond donors (Lipinski definition) is 0. The molecule has 1 aromatic heterocycles. The number of carbonyl (C=O) groups is 1. The summed E-state index contributed by atoms with van der Waals surface area (Å²) in [7, 11) is 1.95. The van der Waals surface area contributed by atoms with Crippen molar-refractivity contribution in [2.24, 2.45) is 0 Å². The van der Waals surface area contributed by atoms with Gasteiger partial charge in [0.25, 0.3) is 0 Å². The molecule has 6 nitrogen and oxygen atoms in total. The molecular formula is C23H19BN4O2. The van der Waals surface area contributed by atoms with E-state index in [0.717, 1.165) is 22.4 Å². The molecule has 0 aliphatic heterocycles. The number of ether oxygens (including phenoxy) is 1. The third-order valence-electron chi connectivity index (χ3n) is 4.81. The normalized spacial score (nSPS) is 9.97. The molecule has 30 heavy (non-hydrogen) atoms. The molecule has 1 heterocycles. The van der Waals surface area contributed by atoms with E-state index in [1.54, 1.807) is 36.5 Å². The van der Waals surface area contributed by atoms with Crippen LogP contribution >= 0.6 is 0 Å². The maximum atomic E-state index is 11.5. The van der Waals surface area contributed by atoms with Gasteiger partial charge in [0.1, 0.15) is 12.3 Å². The first kappa shape index (κ1) is 20.6. The number of rotatable bonds is 7. The van der Waals surface area contributed by atoms with E-state index in [9.17, 15) is 4.79 Å². The van der Waals surface area contributed by atoms with Crippen molar-refractivity contribution in [3.63, 3.8) is 0 Å². The van der Waals surface area contributed by atoms with Crippen LogP contribution in [0.25, 0.3) is 0 Å². The highest BCUT2D eigenvalue weighted by Crippen LogP contribution is 2.27. The van der Waals surface area contributed by atoms with Gasteiger partial charge < -0.3 is 9.55 Å². The maximum Gasteiger partial charge on any atom is 0.217 e. The lowest BCUT2D eigenvalue weighted by molar-refractivity contribution is 0.111. The molecule has 0 fully saturated rings. The molecule has 146 valence electrons. The minimum atomic E-state index is 0.230. The zero-order valence-electron chi connectivity index (χ0n) is 16.8. The Morgan fingerprint density at radius 1 is 1.13 bits per heavy atom. The predicted molar refractivity (Wildman–Crippen MR) is 116 cm³/mol. The average Bonchev–Trinajstić information content (AvgIpc) is 2.79. The summed E-state index contributed by atoms with van der Waals surface area (Å²) in [5.41, 5.74) is 4.97. The van der Waals surface area contributed by atoms with Crippen molar-refractivity contribution in [3.8, 4) is 17.9 Å². The Hall–Kier alpha value is -4.10. The van der Waals surface area contributed by atoms with E-state index >= 15 is 0 Å². The molecule has 3 aromatic rings. The van der Waals surface area contributed by atoms with Gasteiger partial charge in [0.2, 0.25) is 7.98 Å². The first-order valence-corrected chi connectivity index (χ1v) is 9.32. The fourth-order valence-electron chi connectivity index (χ4n) is 3.09. The molecule has 0 aliphatic carbocycles. The molecule has 0 aliphatic rings. The van der Waals surface area contributed by atoms with Gasteiger partial charge in [0.05, 0.1) is 23.3 Å². The van der Waals surface area contributed by atoms with Crippen LogP contribution in [0.5, 0.6) is 5.75 Å². The zero-order chi connectivity index (χ0) is 21.5. The predicted octanol–water partition coefficient (Wildman–Crippen LogP) is 3.08. The molecule has 0 N–H and O–H groups in total. The van der Waals surface area contributed by atoms with Crippen LogP contribution in [0.3, 0.4) is 0 Å². The molecule has 0 amide bonds. The van der Waals surface area contributed by atoms with Gasteiger partial charge in [-0.1, -0.05) is 12.1 Å². The van der Waals surface area contributed by atoms with Gasteiger partial charge in [-0.3, -0.25) is 4.79 Å². The van der Waals surface area contributed by atoms with E-state index in [0.29, 0.717) is 29.7 Å². The number of benzene rings is 2. The van der Waals surface area contributed by atoms with E-state index in [1.165, 1.54) is 0 Å². The minimum absolute atomic E-state index is 0.230. The largest absolute Gasteiger partial charge is 0.486 e. The molecular weight excluding hydrogens is 375 g/mol. The zero-order valence-corrected chi connectivity index (χ0v) is 16.8. The standard InChI is InChI=1S/C23H19BN4O2/c1-16-20(13-28(24)21-7-5-17(10-25)6-8-21)12-27-22(14-29)23(16)30-15-19-4-2-3-18(9-19)11-26/h2-9,12,14H,13,15,24H2,1H3. The highest BCUT2D eigenvalue weighted by Gasteiger charge is 2.15. The van der Waals surface area contributed by atoms with Crippen molar-refractivity contribution in [1.29, 1.82) is 10.5 Å². The lowest BCUT2D eigenvalue weighted by atomic mass is 10.1. The summed E-state index contributed by atoms with van der Waals surface area (Å²) in [5.74, 6) is 0.443. The Bertz CT molecular complexity index is 1150. The summed E-state index contributed by atoms with van der Waals surface area (Å²) in [6, 6.07) is 18.7. The van der Waals surface area contributed by atoms with Crippen molar-refractivity contribution in [1.82, 2.24) is 4.98 Å². The van der Waals surface area contributed by atoms with Crippen LogP contribution in [0.1, 0.15) is 38.3 Å². The number of carbonyl (C=O) groups excluding carboxylic acids is 1. The molecule has 7 heteroatoms. The van der Waals surface area contributed by atoms with Crippen LogP contribution in [0, 0.1) is 29.6 Å². The van der Waals surface area contributed by atoms with E-state index in [4.69, 9.17) is 15.3 Å². The summed E-state index contributed by atoms with van der Waals surface area (Å²) >= 11 is 0. The number of nitrogens with zero attached hydrogens (tertiary/aromatic N) is 4. The van der Waals surface area contributed by atoms with Gasteiger partial charge in [0, 0.05) is 18.4 Å². The van der Waals surface area contributed by atoms with Gasteiger partial charge in [-0.2, -0.15) is 10.5 Å². The van der Waals surface area contributed by atoms with Gasteiger partial charge in [-0.05, 0) is 60.0 Å². The van der Waals surface area contributed by atoms with E-state index in [2.05, 4.69) is 17.1 Å². The quantitative estimate of drug-likeness (QED) is 0.452. The Morgan fingerprint density at radius 2 is 1.87 bits per heavy atom. The van der Waals surface area contributed by atoms with Gasteiger partial charge in [-0.15, -0.1) is 0 Å². The maximum absolute atomic E-state index is 11.5. The topological polar surface area (TPSA) is 90.0 Å². The second kappa shape index (κ2) is 9.40. The molecule has 0 unspecified atom stereocenters. The second-order valence-electron chi connectivity index (χ2n) is 6.86. The van der Waals surface area contributed by atoms with Crippen molar-refractivity contribution >= 4 is 20.0 Å². The highest BCUT2D eigenvalue weighted by atomic mass is 16.5. The molecule has 0 radical (unpaired) electrons. The second-order valence-corrected chi connectivity index (χ2v) is 6.86. The lowest BCUT2D eigenvalue weighted by Crippen LogP contribution is -2.19. The van der Waals surface area contributed by atoms with Crippen LogP contribution in [0.2, 0.25) is 0 Å². The van der Waals surface area contributed by atoms with Gasteiger partial charge in [0.15, 0.2) is 12.0 Å². The van der Waals surface area contributed by atoms with Crippen molar-refractivity contribution in [2.45, 2.75) is 20.1 Å². The number of pyridine rings is 1. The van der Waals surface area contributed by atoms with Crippen molar-refractivity contribution in [2.75, 3.05) is 4.81 Å². The van der Waals surface area contributed by atoms with Crippen LogP contribution in [0.15, 0.2) is 54.7 Å². The number of aldehydes is 1. The summed E-state index contributed by atoms with van der Waals surface area (Å²) < 4.78 is 5.94. The van der Waals surface area contributed by atoms with E-state index in [1.807, 2.05) is 37.9 Å². The summed E-state index contributed by atoms with van der Waals surface area (Å²) in [6.07, 6.45) is 2.37. The average molecular weight is 394 g/mol. The summed E-state index contributed by atoms with van der Waals surface area (Å²) in [4.78, 5) is 17.8. The Balaban J connectivity index is 1.82. The molecule has 3 rings (SSSR count). The first-order valence-electron chi connectivity index (χ1n) is 9.32. The Labute approximate surface area is 176 Å². The SMILES string of the molecule is BN(Cc1cnc(C=O)c(OCc2cccc(C#N)c2)c1C)c1ccc(C#N)cc1. The number of hydrogen-bond acceptors (Lipinski definition) is 6. The molecule has 0 spiro atoms. The smallest absolute Gasteiger partial charge is 0.217 e. The minimum Gasteiger partial charge on any atom is -0.486 e. The summed E-state index contributed by atoms with van der Waals surface area (Å²) in [6.45, 7) is 2.69. The van der Waals surface area contributed by atoms with Gasteiger partial charge in [-0.25, -0.2) is 4.98 Å². The van der Waals surface area contributed by atoms with E-state index in [-0.39, 0.29) is 12.3 Å². The summed E-state index contributed by atoms with van der Waals surface area (Å²) in [5, 5.41) is 18.0. The third kappa shape index (κ3) is 4.66. The lowest BCUT2D eigenvalue weighted by Gasteiger charge is -2.22. The van der Waals surface area contributed by atoms with Crippen LogP contribution in [-0.2, 0) is 13.2 Å². The number of aromatic nitrogens is 1. The fourth-order valence-corrected chi connectivity index (χ4v) is 3.09. The highest BCUT2D eigenvalue weighted by molar-refractivity contribution is 6.17. The fraction of sp³-hybridized carbons (Fsp3) is 0.130. The van der Waals surface area contributed by atoms with Crippen molar-refractivity contribution in [3.05, 3.63) is 88.2 Å². The van der Waals surface area contributed by atoms with Crippen LogP contribution in [0.4, 0.5) is 5.69 Å². The number of anilines is 1. The van der Waals surface area contributed by atoms with E-state index < -0.39 is 0 Å². The third-order valence-corrected chi connectivity index (χ3v) is 4.81. The molecule has 0 bridgehead atoms. The molecule has 2 aromatic carbocycles. The first-order chi connectivity index (χ1) is 14.5. The monoisotopic (exact) mass is 394 g/mol. The Morgan fingerprint density at radius 3 is 2.53 bits per heavy atom. The number of nitriles is 2. The van der Waals surface area contributed by atoms with Crippen LogP contribution < -0.4 is 9.55 Å². The molecule has 0 saturated heterocycles. The Kier molecular flexibility index (Phi) is 6.47. The van der Waals surface area contributed by atoms with Crippen molar-refractivity contribution < 1.29 is 9.53 Å². The van der Waals surface area contributed by atoms with Gasteiger partial charge >= 0.3 is 0 Å².